The van der Waals surface area contributed by atoms with Gasteiger partial charge in [-0.3, -0.25) is 0 Å². The van der Waals surface area contributed by atoms with Gasteiger partial charge in [0.2, 0.25) is 5.88 Å². The fourth-order valence-electron chi connectivity index (χ4n) is 7.02. The zero-order chi connectivity index (χ0) is 29.3. The molecular weight excluding hydrogens is 532 g/mol. The third-order valence-corrected chi connectivity index (χ3v) is 9.41. The van der Waals surface area contributed by atoms with Crippen molar-refractivity contribution < 1.29 is 14.6 Å². The highest BCUT2D eigenvalue weighted by atomic mass is 16.5. The van der Waals surface area contributed by atoms with Gasteiger partial charge in [-0.2, -0.15) is 4.98 Å². The van der Waals surface area contributed by atoms with Crippen LogP contribution >= 0.6 is 0 Å². The minimum Gasteiger partial charge on any atom is -0.512 e. The Balaban J connectivity index is 1.35. The maximum atomic E-state index is 10.8. The van der Waals surface area contributed by atoms with Crippen LogP contribution in [0, 0.1) is 5.92 Å². The van der Waals surface area contributed by atoms with Gasteiger partial charge < -0.3 is 14.6 Å². The molecule has 1 aromatic heterocycles. The zero-order valence-corrected chi connectivity index (χ0v) is 25.2. The average Bonchev–Trinajstić information content (AvgIpc) is 3.44. The number of unbranched alkanes of at least 4 members (excludes halogenated alkanes) is 1. The number of aliphatic hydroxyl groups is 1. The van der Waals surface area contributed by atoms with Crippen molar-refractivity contribution in [3.05, 3.63) is 101 Å². The second kappa shape index (κ2) is 11.9. The Morgan fingerprint density at radius 3 is 2.67 bits per heavy atom. The van der Waals surface area contributed by atoms with Crippen LogP contribution in [0.15, 0.2) is 89.8 Å². The summed E-state index contributed by atoms with van der Waals surface area (Å²) in [6.07, 6.45) is 21.1. The van der Waals surface area contributed by atoms with Gasteiger partial charge >= 0.3 is 0 Å². The van der Waals surface area contributed by atoms with Crippen LogP contribution in [0.1, 0.15) is 82.5 Å². The number of allylic oxidation sites excluding steroid dienone is 8. The molecule has 3 aliphatic carbocycles. The highest BCUT2D eigenvalue weighted by molar-refractivity contribution is 6.01. The summed E-state index contributed by atoms with van der Waals surface area (Å²) in [5.41, 5.74) is 6.51. The van der Waals surface area contributed by atoms with Crippen LogP contribution in [-0.4, -0.2) is 27.8 Å². The number of hydrogen-bond acceptors (Lipinski definition) is 5. The lowest BCUT2D eigenvalue weighted by atomic mass is 9.76. The Bertz CT molecular complexity index is 1710. The van der Waals surface area contributed by atoms with Crippen molar-refractivity contribution in [3.63, 3.8) is 0 Å². The van der Waals surface area contributed by atoms with Crippen LogP contribution in [0.2, 0.25) is 0 Å². The number of fused-ring (bicyclic) bond motifs is 6. The number of hydrogen-bond donors (Lipinski definition) is 1. The third-order valence-electron chi connectivity index (χ3n) is 9.41. The van der Waals surface area contributed by atoms with Crippen molar-refractivity contribution in [1.29, 1.82) is 0 Å². The largest absolute Gasteiger partial charge is 0.512 e. The van der Waals surface area contributed by atoms with E-state index in [9.17, 15) is 5.11 Å². The molecule has 4 aliphatic rings. The Morgan fingerprint density at radius 1 is 1.00 bits per heavy atom. The summed E-state index contributed by atoms with van der Waals surface area (Å²) in [5.74, 6) is 2.98. The maximum absolute atomic E-state index is 10.8. The summed E-state index contributed by atoms with van der Waals surface area (Å²) in [4.78, 5) is 9.88. The molecule has 43 heavy (non-hydrogen) atoms. The van der Waals surface area contributed by atoms with Crippen LogP contribution in [0.4, 0.5) is 0 Å². The Labute approximate surface area is 254 Å². The first kappa shape index (κ1) is 27.7. The topological polar surface area (TPSA) is 64.5 Å². The highest BCUT2D eigenvalue weighted by Gasteiger charge is 2.40. The molecule has 3 atom stereocenters. The molecule has 5 nitrogen and oxygen atoms in total. The minimum absolute atomic E-state index is 0.00216. The van der Waals surface area contributed by atoms with Crippen molar-refractivity contribution in [1.82, 2.24) is 9.97 Å². The number of aliphatic hydroxyl groups excluding tert-OH is 1. The normalized spacial score (nSPS) is 21.1. The van der Waals surface area contributed by atoms with Crippen molar-refractivity contribution in [3.8, 4) is 22.9 Å². The molecule has 0 saturated heterocycles. The highest BCUT2D eigenvalue weighted by Crippen LogP contribution is 2.52. The number of ether oxygens (including phenoxy) is 2. The predicted octanol–water partition coefficient (Wildman–Crippen LogP) is 9.57. The van der Waals surface area contributed by atoms with Crippen LogP contribution in [0.5, 0.6) is 11.6 Å². The Hall–Kier alpha value is -4.12. The first-order valence-electron chi connectivity index (χ1n) is 16.1. The summed E-state index contributed by atoms with van der Waals surface area (Å²) in [7, 11) is 0. The molecule has 3 unspecified atom stereocenters. The molecule has 3 aromatic rings. The predicted molar refractivity (Wildman–Crippen MR) is 173 cm³/mol. The lowest BCUT2D eigenvalue weighted by Crippen LogP contribution is -2.22. The van der Waals surface area contributed by atoms with Gasteiger partial charge in [-0.1, -0.05) is 93.3 Å². The van der Waals surface area contributed by atoms with E-state index >= 15 is 0 Å². The molecular formula is C38H40N2O3. The molecule has 2 heterocycles. The molecule has 0 fully saturated rings. The van der Waals surface area contributed by atoms with Gasteiger partial charge in [0.25, 0.3) is 0 Å². The lowest BCUT2D eigenvalue weighted by Gasteiger charge is -2.27. The van der Waals surface area contributed by atoms with E-state index in [1.807, 2.05) is 12.1 Å². The molecule has 5 heteroatoms. The number of benzene rings is 2. The molecule has 0 spiro atoms. The molecule has 1 aliphatic heterocycles. The molecule has 0 saturated carbocycles. The fourth-order valence-corrected chi connectivity index (χ4v) is 7.02. The summed E-state index contributed by atoms with van der Waals surface area (Å²) >= 11 is 0. The zero-order valence-electron chi connectivity index (χ0n) is 25.2. The van der Waals surface area contributed by atoms with E-state index in [0.717, 1.165) is 54.5 Å². The van der Waals surface area contributed by atoms with Crippen LogP contribution in [-0.2, 0) is 0 Å². The number of nitrogens with zero attached hydrogens (tertiary/aromatic N) is 2. The van der Waals surface area contributed by atoms with E-state index in [-0.39, 0.29) is 12.0 Å². The van der Waals surface area contributed by atoms with Gasteiger partial charge in [-0.15, -0.1) is 0 Å². The van der Waals surface area contributed by atoms with Gasteiger partial charge in [0.15, 0.2) is 5.82 Å². The van der Waals surface area contributed by atoms with E-state index in [1.54, 1.807) is 0 Å². The summed E-state index contributed by atoms with van der Waals surface area (Å²) in [5, 5.41) is 13.1. The van der Waals surface area contributed by atoms with Crippen LogP contribution in [0.25, 0.3) is 27.6 Å². The van der Waals surface area contributed by atoms with Crippen LogP contribution in [0.3, 0.4) is 0 Å². The first-order valence-corrected chi connectivity index (χ1v) is 16.1. The standard InChI is InChI=1S/C38H40N2O3/c1-3-5-12-24(4-2)23-42-35-22-31(39-38(40-35)29-17-10-11-18-32(29)41)30-21-34-37(28-16-9-8-15-27(28)30)36-26-14-7-6-13-25(26)19-20-33(36)43-34/h6,8-10,13,15-17,19-22,24,33,36,41H,3-5,7,11-12,14,18,23H2,1-2H3. The Morgan fingerprint density at radius 2 is 1.84 bits per heavy atom. The fraction of sp³-hybridized carbons (Fsp3) is 0.368. The van der Waals surface area contributed by atoms with Crippen molar-refractivity contribution in [2.24, 2.45) is 5.92 Å². The monoisotopic (exact) mass is 572 g/mol. The van der Waals surface area contributed by atoms with E-state index < -0.39 is 0 Å². The smallest absolute Gasteiger partial charge is 0.217 e. The quantitative estimate of drug-likeness (QED) is 0.277. The van der Waals surface area contributed by atoms with E-state index in [2.05, 4.69) is 74.6 Å². The Kier molecular flexibility index (Phi) is 7.65. The summed E-state index contributed by atoms with van der Waals surface area (Å²) in [6.45, 7) is 5.07. The molecule has 7 rings (SSSR count). The van der Waals surface area contributed by atoms with E-state index in [4.69, 9.17) is 19.4 Å². The molecule has 0 amide bonds. The third kappa shape index (κ3) is 5.20. The van der Waals surface area contributed by atoms with E-state index in [1.165, 1.54) is 34.9 Å². The minimum atomic E-state index is 0.00216. The van der Waals surface area contributed by atoms with Gasteiger partial charge in [0, 0.05) is 23.6 Å². The molecule has 0 radical (unpaired) electrons. The molecule has 220 valence electrons. The first-order chi connectivity index (χ1) is 21.1. The van der Waals surface area contributed by atoms with Gasteiger partial charge in [0.1, 0.15) is 17.6 Å². The number of aromatic nitrogens is 2. The molecule has 1 N–H and O–H groups in total. The summed E-state index contributed by atoms with van der Waals surface area (Å²) < 4.78 is 13.1. The van der Waals surface area contributed by atoms with Crippen LogP contribution < -0.4 is 9.47 Å². The SMILES string of the molecule is CCCCC(CC)COc1cc(-c2cc3c(c4ccccc24)C2C4=C(C=CCC4)C=CC2O3)nc(C2=C(O)CCC=C2)n1. The lowest BCUT2D eigenvalue weighted by molar-refractivity contribution is 0.225. The van der Waals surface area contributed by atoms with Gasteiger partial charge in [-0.25, -0.2) is 4.98 Å². The second-order valence-corrected chi connectivity index (χ2v) is 12.2. The maximum Gasteiger partial charge on any atom is 0.217 e. The molecule has 2 aromatic carbocycles. The number of rotatable bonds is 9. The van der Waals surface area contributed by atoms with Gasteiger partial charge in [-0.05, 0) is 60.1 Å². The molecule has 0 bridgehead atoms. The second-order valence-electron chi connectivity index (χ2n) is 12.2. The summed E-state index contributed by atoms with van der Waals surface area (Å²) in [6, 6.07) is 12.7. The van der Waals surface area contributed by atoms with Crippen molar-refractivity contribution >= 4 is 16.3 Å². The average molecular weight is 573 g/mol. The van der Waals surface area contributed by atoms with Crippen molar-refractivity contribution in [2.75, 3.05) is 6.61 Å². The van der Waals surface area contributed by atoms with E-state index in [0.29, 0.717) is 42.0 Å². The van der Waals surface area contributed by atoms with Gasteiger partial charge in [0.05, 0.1) is 23.8 Å². The van der Waals surface area contributed by atoms with Crippen molar-refractivity contribution in [2.45, 2.75) is 77.2 Å².